The van der Waals surface area contributed by atoms with Gasteiger partial charge in [-0.2, -0.15) is 13.2 Å². The van der Waals surface area contributed by atoms with Crippen molar-refractivity contribution >= 4 is 27.3 Å². The van der Waals surface area contributed by atoms with Crippen LogP contribution in [0.1, 0.15) is 31.4 Å². The lowest BCUT2D eigenvalue weighted by molar-refractivity contribution is -0.137. The van der Waals surface area contributed by atoms with Crippen LogP contribution in [0, 0.1) is 0 Å². The first kappa shape index (κ1) is 19.8. The minimum atomic E-state index is -4.69. The van der Waals surface area contributed by atoms with E-state index in [1.54, 1.807) is 6.07 Å². The minimum absolute atomic E-state index is 0.0481. The Labute approximate surface area is 160 Å². The summed E-state index contributed by atoms with van der Waals surface area (Å²) in [7, 11) is -4.07. The average molecular weight is 420 g/mol. The SMILES string of the molecule is CC1(C)CCc2cc(S(=O)(=O)Nc3ccc(Cl)c(C(F)(F)F)c3)ccc2O1. The molecule has 0 bridgehead atoms. The van der Waals surface area contributed by atoms with Crippen molar-refractivity contribution in [3.05, 3.63) is 52.5 Å². The number of benzene rings is 2. The molecular weight excluding hydrogens is 403 g/mol. The zero-order chi connectivity index (χ0) is 20.0. The van der Waals surface area contributed by atoms with E-state index in [1.165, 1.54) is 18.2 Å². The van der Waals surface area contributed by atoms with Gasteiger partial charge in [-0.3, -0.25) is 4.72 Å². The number of halogens is 4. The summed E-state index contributed by atoms with van der Waals surface area (Å²) in [6, 6.07) is 7.26. The number of ether oxygens (including phenoxy) is 1. The number of alkyl halides is 3. The molecule has 9 heteroatoms. The van der Waals surface area contributed by atoms with E-state index in [0.29, 0.717) is 18.2 Å². The highest BCUT2D eigenvalue weighted by atomic mass is 35.5. The van der Waals surface area contributed by atoms with Crippen LogP contribution in [0.25, 0.3) is 0 Å². The van der Waals surface area contributed by atoms with Crippen LogP contribution in [0.4, 0.5) is 18.9 Å². The topological polar surface area (TPSA) is 55.4 Å². The average Bonchev–Trinajstić information content (AvgIpc) is 2.54. The van der Waals surface area contributed by atoms with Crippen LogP contribution in [0.2, 0.25) is 5.02 Å². The molecule has 0 amide bonds. The fourth-order valence-electron chi connectivity index (χ4n) is 2.82. The Balaban J connectivity index is 1.90. The molecule has 0 unspecified atom stereocenters. The lowest BCUT2D eigenvalue weighted by atomic mass is 9.94. The fraction of sp³-hybridized carbons (Fsp3) is 0.333. The maximum atomic E-state index is 13.0. The van der Waals surface area contributed by atoms with Crippen molar-refractivity contribution in [2.24, 2.45) is 0 Å². The molecule has 1 aliphatic rings. The third kappa shape index (κ3) is 4.32. The second-order valence-electron chi connectivity index (χ2n) is 6.93. The molecule has 1 heterocycles. The Morgan fingerprint density at radius 2 is 1.85 bits per heavy atom. The van der Waals surface area contributed by atoms with Crippen LogP contribution in [0.3, 0.4) is 0 Å². The summed E-state index contributed by atoms with van der Waals surface area (Å²) in [5.74, 6) is 0.607. The standard InChI is InChI=1S/C18H17ClF3NO3S/c1-17(2)8-7-11-9-13(4-6-16(11)26-17)27(24,25)23-12-3-5-15(19)14(10-12)18(20,21)22/h3-6,9-10,23H,7-8H2,1-2H3. The summed E-state index contributed by atoms with van der Waals surface area (Å²) in [4.78, 5) is -0.0481. The Bertz CT molecular complexity index is 988. The van der Waals surface area contributed by atoms with Crippen LogP contribution in [0.5, 0.6) is 5.75 Å². The van der Waals surface area contributed by atoms with Crippen molar-refractivity contribution < 1.29 is 26.3 Å². The van der Waals surface area contributed by atoms with E-state index in [1.807, 2.05) is 13.8 Å². The van der Waals surface area contributed by atoms with Gasteiger partial charge in [0.05, 0.1) is 15.5 Å². The maximum Gasteiger partial charge on any atom is 0.417 e. The summed E-state index contributed by atoms with van der Waals surface area (Å²) in [5.41, 5.74) is -0.917. The number of aryl methyl sites for hydroxylation is 1. The molecule has 1 aliphatic heterocycles. The first-order valence-electron chi connectivity index (χ1n) is 8.09. The molecule has 2 aromatic rings. The normalized spacial score (nSPS) is 16.4. The van der Waals surface area contributed by atoms with E-state index in [9.17, 15) is 21.6 Å². The van der Waals surface area contributed by atoms with Crippen LogP contribution >= 0.6 is 11.6 Å². The van der Waals surface area contributed by atoms with Crippen LogP contribution < -0.4 is 9.46 Å². The van der Waals surface area contributed by atoms with Gasteiger partial charge in [-0.05, 0) is 68.7 Å². The number of hydrogen-bond acceptors (Lipinski definition) is 3. The van der Waals surface area contributed by atoms with E-state index in [4.69, 9.17) is 16.3 Å². The first-order valence-corrected chi connectivity index (χ1v) is 9.95. The summed E-state index contributed by atoms with van der Waals surface area (Å²) >= 11 is 5.56. The summed E-state index contributed by atoms with van der Waals surface area (Å²) in [5, 5.41) is -0.501. The van der Waals surface area contributed by atoms with Gasteiger partial charge in [0, 0.05) is 5.69 Å². The number of anilines is 1. The zero-order valence-corrected chi connectivity index (χ0v) is 16.1. The lowest BCUT2D eigenvalue weighted by Gasteiger charge is -2.32. The fourth-order valence-corrected chi connectivity index (χ4v) is 4.15. The second kappa shape index (κ2) is 6.60. The summed E-state index contributed by atoms with van der Waals surface area (Å²) in [6.07, 6.45) is -3.32. The Morgan fingerprint density at radius 3 is 2.52 bits per heavy atom. The van der Waals surface area contributed by atoms with Crippen molar-refractivity contribution in [2.75, 3.05) is 4.72 Å². The molecular formula is C18H17ClF3NO3S. The van der Waals surface area contributed by atoms with Gasteiger partial charge in [0.1, 0.15) is 11.4 Å². The summed E-state index contributed by atoms with van der Waals surface area (Å²) < 4.78 is 72.1. The van der Waals surface area contributed by atoms with Crippen LogP contribution in [0.15, 0.2) is 41.3 Å². The predicted molar refractivity (Wildman–Crippen MR) is 96.7 cm³/mol. The van der Waals surface area contributed by atoms with E-state index < -0.39 is 26.8 Å². The molecule has 0 fully saturated rings. The highest BCUT2D eigenvalue weighted by molar-refractivity contribution is 7.92. The minimum Gasteiger partial charge on any atom is -0.488 e. The van der Waals surface area contributed by atoms with Gasteiger partial charge in [0.15, 0.2) is 0 Å². The Hall–Kier alpha value is -1.93. The van der Waals surface area contributed by atoms with Gasteiger partial charge >= 0.3 is 6.18 Å². The predicted octanol–water partition coefficient (Wildman–Crippen LogP) is 5.26. The molecule has 0 atom stereocenters. The maximum absolute atomic E-state index is 13.0. The van der Waals surface area contributed by atoms with Gasteiger partial charge in [-0.15, -0.1) is 0 Å². The van der Waals surface area contributed by atoms with Gasteiger partial charge in [0.25, 0.3) is 10.0 Å². The molecule has 3 rings (SSSR count). The number of rotatable bonds is 3. The highest BCUT2D eigenvalue weighted by Crippen LogP contribution is 2.37. The van der Waals surface area contributed by atoms with E-state index >= 15 is 0 Å². The van der Waals surface area contributed by atoms with Gasteiger partial charge in [-0.25, -0.2) is 8.42 Å². The molecule has 0 aliphatic carbocycles. The van der Waals surface area contributed by atoms with Crippen molar-refractivity contribution in [2.45, 2.75) is 43.4 Å². The molecule has 0 saturated carbocycles. The molecule has 1 N–H and O–H groups in total. The van der Waals surface area contributed by atoms with Crippen molar-refractivity contribution in [1.29, 1.82) is 0 Å². The monoisotopic (exact) mass is 419 g/mol. The molecule has 0 radical (unpaired) electrons. The number of nitrogens with one attached hydrogen (secondary N) is 1. The highest BCUT2D eigenvalue weighted by Gasteiger charge is 2.34. The molecule has 4 nitrogen and oxygen atoms in total. The smallest absolute Gasteiger partial charge is 0.417 e. The number of sulfonamides is 1. The molecule has 0 saturated heterocycles. The second-order valence-corrected chi connectivity index (χ2v) is 9.02. The van der Waals surface area contributed by atoms with Crippen molar-refractivity contribution in [3.63, 3.8) is 0 Å². The molecule has 27 heavy (non-hydrogen) atoms. The van der Waals surface area contributed by atoms with E-state index in [0.717, 1.165) is 18.1 Å². The molecule has 146 valence electrons. The Morgan fingerprint density at radius 1 is 1.15 bits per heavy atom. The van der Waals surface area contributed by atoms with Gasteiger partial charge < -0.3 is 4.74 Å². The van der Waals surface area contributed by atoms with Gasteiger partial charge in [0.2, 0.25) is 0 Å². The van der Waals surface area contributed by atoms with Crippen molar-refractivity contribution in [1.82, 2.24) is 0 Å². The molecule has 0 aromatic heterocycles. The van der Waals surface area contributed by atoms with Crippen molar-refractivity contribution in [3.8, 4) is 5.75 Å². The van der Waals surface area contributed by atoms with Crippen LogP contribution in [-0.4, -0.2) is 14.0 Å². The van der Waals surface area contributed by atoms with Crippen LogP contribution in [-0.2, 0) is 22.6 Å². The lowest BCUT2D eigenvalue weighted by Crippen LogP contribution is -2.32. The third-order valence-corrected chi connectivity index (χ3v) is 5.96. The zero-order valence-electron chi connectivity index (χ0n) is 14.5. The quantitative estimate of drug-likeness (QED) is 0.738. The third-order valence-electron chi connectivity index (χ3n) is 4.25. The van der Waals surface area contributed by atoms with Gasteiger partial charge in [-0.1, -0.05) is 11.6 Å². The van der Waals surface area contributed by atoms with E-state index in [-0.39, 0.29) is 16.2 Å². The Kier molecular flexibility index (Phi) is 4.84. The molecule has 0 spiro atoms. The molecule has 2 aromatic carbocycles. The first-order chi connectivity index (χ1) is 12.4. The summed E-state index contributed by atoms with van der Waals surface area (Å²) in [6.45, 7) is 3.89. The largest absolute Gasteiger partial charge is 0.488 e. The number of hydrogen-bond donors (Lipinski definition) is 1. The number of fused-ring (bicyclic) bond motifs is 1. The van der Waals surface area contributed by atoms with E-state index in [2.05, 4.69) is 4.72 Å².